The number of urea groups is 1. The molecule has 0 unspecified atom stereocenters. The van der Waals surface area contributed by atoms with Gasteiger partial charge in [-0.1, -0.05) is 0 Å². The van der Waals surface area contributed by atoms with Gasteiger partial charge < -0.3 is 15.7 Å². The molecule has 0 radical (unpaired) electrons. The largest absolute Gasteiger partial charge is 0.481 e. The molecule has 0 spiro atoms. The second-order valence-corrected chi connectivity index (χ2v) is 3.67. The Kier molecular flexibility index (Phi) is 5.89. The third kappa shape index (κ3) is 6.07. The summed E-state index contributed by atoms with van der Waals surface area (Å²) >= 11 is 0. The highest BCUT2D eigenvalue weighted by Gasteiger charge is 2.03. The fourth-order valence-corrected chi connectivity index (χ4v) is 1.30. The van der Waals surface area contributed by atoms with Crippen LogP contribution in [0, 0.1) is 11.8 Å². The molecule has 0 bridgehead atoms. The van der Waals surface area contributed by atoms with E-state index >= 15 is 0 Å². The van der Waals surface area contributed by atoms with Crippen LogP contribution in [0.3, 0.4) is 0 Å². The van der Waals surface area contributed by atoms with Crippen molar-refractivity contribution >= 4 is 17.7 Å². The Bertz CT molecular complexity index is 500. The zero-order valence-electron chi connectivity index (χ0n) is 10.6. The van der Waals surface area contributed by atoms with Gasteiger partial charge in [0.05, 0.1) is 24.0 Å². The molecule has 6 nitrogen and oxygen atoms in total. The number of aliphatic carboxylic acids is 1. The van der Waals surface area contributed by atoms with E-state index < -0.39 is 5.97 Å². The van der Waals surface area contributed by atoms with Gasteiger partial charge in [-0.2, -0.15) is 0 Å². The first-order valence-corrected chi connectivity index (χ1v) is 5.73. The predicted molar refractivity (Wildman–Crippen MR) is 70.7 cm³/mol. The maximum absolute atomic E-state index is 11.4. The van der Waals surface area contributed by atoms with E-state index in [0.29, 0.717) is 24.3 Å². The van der Waals surface area contributed by atoms with Crippen LogP contribution >= 0.6 is 0 Å². The molecule has 100 valence electrons. The van der Waals surface area contributed by atoms with Crippen molar-refractivity contribution in [1.29, 1.82) is 0 Å². The number of nitrogens with one attached hydrogen (secondary N) is 2. The highest BCUT2D eigenvalue weighted by molar-refractivity contribution is 5.89. The lowest BCUT2D eigenvalue weighted by molar-refractivity contribution is -0.136. The topological polar surface area (TPSA) is 91.3 Å². The molecule has 19 heavy (non-hydrogen) atoms. The van der Waals surface area contributed by atoms with E-state index in [0.717, 1.165) is 0 Å². The van der Waals surface area contributed by atoms with E-state index in [1.165, 1.54) is 6.20 Å². The molecule has 0 aliphatic heterocycles. The van der Waals surface area contributed by atoms with Crippen molar-refractivity contribution in [2.24, 2.45) is 0 Å². The fourth-order valence-electron chi connectivity index (χ4n) is 1.30. The zero-order chi connectivity index (χ0) is 14.1. The van der Waals surface area contributed by atoms with Crippen LogP contribution in [-0.4, -0.2) is 28.6 Å². The summed E-state index contributed by atoms with van der Waals surface area (Å²) in [7, 11) is 0. The van der Waals surface area contributed by atoms with E-state index in [-0.39, 0.29) is 12.5 Å². The number of carbonyl (C=O) groups excluding carboxylic acids is 1. The van der Waals surface area contributed by atoms with Gasteiger partial charge in [0.25, 0.3) is 0 Å². The molecule has 6 heteroatoms. The molecule has 0 saturated carbocycles. The standard InChI is InChI=1S/C13H15N3O3/c1-2-3-4-7-14-13(19)16-11-6-5-10(15-9-11)8-12(17)18/h5-6,9H,4,7-8H2,1H3,(H,17,18)(H2,14,16,19). The number of hydrogen-bond donors (Lipinski definition) is 3. The SMILES string of the molecule is CC#CCCNC(=O)Nc1ccc(CC(=O)O)nc1. The number of amides is 2. The Morgan fingerprint density at radius 2 is 2.21 bits per heavy atom. The fraction of sp³-hybridized carbons (Fsp3) is 0.308. The average molecular weight is 261 g/mol. The number of carboxylic acid groups (broad SMARTS) is 1. The van der Waals surface area contributed by atoms with Crippen LogP contribution in [0.4, 0.5) is 10.5 Å². The quantitative estimate of drug-likeness (QED) is 0.549. The Morgan fingerprint density at radius 1 is 1.42 bits per heavy atom. The van der Waals surface area contributed by atoms with Gasteiger partial charge in [0, 0.05) is 13.0 Å². The van der Waals surface area contributed by atoms with E-state index in [1.54, 1.807) is 19.1 Å². The van der Waals surface area contributed by atoms with Crippen molar-refractivity contribution in [2.45, 2.75) is 19.8 Å². The second-order valence-electron chi connectivity index (χ2n) is 3.67. The van der Waals surface area contributed by atoms with Gasteiger partial charge in [-0.05, 0) is 19.1 Å². The number of rotatable bonds is 5. The molecule has 0 saturated heterocycles. The molecule has 1 heterocycles. The summed E-state index contributed by atoms with van der Waals surface area (Å²) < 4.78 is 0. The molecule has 0 aliphatic carbocycles. The van der Waals surface area contributed by atoms with Crippen molar-refractivity contribution in [1.82, 2.24) is 10.3 Å². The first-order chi connectivity index (χ1) is 9.11. The van der Waals surface area contributed by atoms with Crippen molar-refractivity contribution in [3.8, 4) is 11.8 Å². The first kappa shape index (κ1) is 14.5. The lowest BCUT2D eigenvalue weighted by Crippen LogP contribution is -2.29. The van der Waals surface area contributed by atoms with Gasteiger partial charge in [-0.3, -0.25) is 9.78 Å². The molecular weight excluding hydrogens is 246 g/mol. The molecule has 0 atom stereocenters. The molecule has 1 rings (SSSR count). The Morgan fingerprint density at radius 3 is 2.79 bits per heavy atom. The predicted octanol–water partition coefficient (Wildman–Crippen LogP) is 1.24. The van der Waals surface area contributed by atoms with Gasteiger partial charge in [0.2, 0.25) is 0 Å². The van der Waals surface area contributed by atoms with E-state index in [1.807, 2.05) is 0 Å². The minimum atomic E-state index is -0.942. The molecule has 3 N–H and O–H groups in total. The van der Waals surface area contributed by atoms with Crippen molar-refractivity contribution in [2.75, 3.05) is 11.9 Å². The van der Waals surface area contributed by atoms with Gasteiger partial charge in [-0.15, -0.1) is 11.8 Å². The lowest BCUT2D eigenvalue weighted by Gasteiger charge is -2.06. The number of aromatic nitrogens is 1. The average Bonchev–Trinajstić information content (AvgIpc) is 2.36. The van der Waals surface area contributed by atoms with E-state index in [4.69, 9.17) is 5.11 Å². The van der Waals surface area contributed by atoms with Crippen LogP contribution in [0.1, 0.15) is 19.0 Å². The van der Waals surface area contributed by atoms with Crippen molar-refractivity contribution < 1.29 is 14.7 Å². The maximum Gasteiger partial charge on any atom is 0.319 e. The van der Waals surface area contributed by atoms with Crippen LogP contribution in [0.2, 0.25) is 0 Å². The molecule has 0 aromatic carbocycles. The minimum Gasteiger partial charge on any atom is -0.481 e. The van der Waals surface area contributed by atoms with Gasteiger partial charge in [0.1, 0.15) is 0 Å². The number of hydrogen-bond acceptors (Lipinski definition) is 3. The van der Waals surface area contributed by atoms with Crippen LogP contribution in [0.15, 0.2) is 18.3 Å². The van der Waals surface area contributed by atoms with E-state index in [9.17, 15) is 9.59 Å². The highest BCUT2D eigenvalue weighted by Crippen LogP contribution is 2.06. The lowest BCUT2D eigenvalue weighted by atomic mass is 10.2. The second kappa shape index (κ2) is 7.71. The number of carboxylic acids is 1. The van der Waals surface area contributed by atoms with Gasteiger partial charge in [0.15, 0.2) is 0 Å². The summed E-state index contributed by atoms with van der Waals surface area (Å²) in [6, 6.07) is 2.83. The van der Waals surface area contributed by atoms with Crippen molar-refractivity contribution in [3.05, 3.63) is 24.0 Å². The monoisotopic (exact) mass is 261 g/mol. The molecule has 0 aliphatic rings. The molecule has 0 fully saturated rings. The maximum atomic E-state index is 11.4. The Hall–Kier alpha value is -2.55. The summed E-state index contributed by atoms with van der Waals surface area (Å²) in [5.41, 5.74) is 0.949. The molecular formula is C13H15N3O3. The number of anilines is 1. The third-order valence-electron chi connectivity index (χ3n) is 2.13. The summed E-state index contributed by atoms with van der Waals surface area (Å²) in [4.78, 5) is 25.9. The molecule has 1 aromatic rings. The Balaban J connectivity index is 2.41. The number of nitrogens with zero attached hydrogens (tertiary/aromatic N) is 1. The smallest absolute Gasteiger partial charge is 0.319 e. The molecule has 2 amide bonds. The van der Waals surface area contributed by atoms with Crippen molar-refractivity contribution in [3.63, 3.8) is 0 Å². The molecule has 1 aromatic heterocycles. The summed E-state index contributed by atoms with van der Waals surface area (Å²) in [6.07, 6.45) is 1.88. The van der Waals surface area contributed by atoms with Gasteiger partial charge in [-0.25, -0.2) is 4.79 Å². The summed E-state index contributed by atoms with van der Waals surface area (Å²) in [5.74, 6) is 4.62. The third-order valence-corrected chi connectivity index (χ3v) is 2.13. The van der Waals surface area contributed by atoms with Crippen LogP contribution in [-0.2, 0) is 11.2 Å². The van der Waals surface area contributed by atoms with Crippen LogP contribution in [0.5, 0.6) is 0 Å². The highest BCUT2D eigenvalue weighted by atomic mass is 16.4. The summed E-state index contributed by atoms with van der Waals surface area (Å²) in [6.45, 7) is 2.21. The van der Waals surface area contributed by atoms with Crippen LogP contribution in [0.25, 0.3) is 0 Å². The van der Waals surface area contributed by atoms with Gasteiger partial charge >= 0.3 is 12.0 Å². The zero-order valence-corrected chi connectivity index (χ0v) is 10.6. The normalized spacial score (nSPS) is 9.11. The number of carbonyl (C=O) groups is 2. The number of pyridine rings is 1. The van der Waals surface area contributed by atoms with Crippen LogP contribution < -0.4 is 10.6 Å². The first-order valence-electron chi connectivity index (χ1n) is 5.73. The minimum absolute atomic E-state index is 0.137. The van der Waals surface area contributed by atoms with E-state index in [2.05, 4.69) is 27.5 Å². The Labute approximate surface area is 111 Å². The summed E-state index contributed by atoms with van der Waals surface area (Å²) in [5, 5.41) is 13.8.